The highest BCUT2D eigenvalue weighted by atomic mass is 16.3. The number of nitrogens with one attached hydrogen (secondary N) is 2. The Bertz CT molecular complexity index is 673. The second kappa shape index (κ2) is 10.7. The van der Waals surface area contributed by atoms with Crippen molar-refractivity contribution in [1.82, 2.24) is 15.5 Å². The topological polar surface area (TPSA) is 113 Å². The summed E-state index contributed by atoms with van der Waals surface area (Å²) < 4.78 is 5.37. The molecular formula is C20H33N5O3. The van der Waals surface area contributed by atoms with Gasteiger partial charge in [0.2, 0.25) is 5.91 Å². The van der Waals surface area contributed by atoms with Gasteiger partial charge in [-0.2, -0.15) is 0 Å². The van der Waals surface area contributed by atoms with Gasteiger partial charge in [0.05, 0.1) is 0 Å². The van der Waals surface area contributed by atoms with Gasteiger partial charge in [0, 0.05) is 31.6 Å². The van der Waals surface area contributed by atoms with E-state index in [1.807, 2.05) is 11.8 Å². The number of guanidine groups is 1. The molecular weight excluding hydrogens is 358 g/mol. The average Bonchev–Trinajstić information content (AvgIpc) is 3.17. The predicted octanol–water partition coefficient (Wildman–Crippen LogP) is 1.86. The van der Waals surface area contributed by atoms with Crippen molar-refractivity contribution in [3.05, 3.63) is 23.7 Å². The van der Waals surface area contributed by atoms with Crippen LogP contribution in [-0.4, -0.2) is 48.3 Å². The highest BCUT2D eigenvalue weighted by Gasteiger charge is 2.26. The Labute approximate surface area is 166 Å². The highest BCUT2D eigenvalue weighted by molar-refractivity contribution is 5.89. The number of hydrogen-bond acceptors (Lipinski definition) is 4. The Balaban J connectivity index is 1.88. The zero-order chi connectivity index (χ0) is 20.5. The van der Waals surface area contributed by atoms with E-state index in [4.69, 9.17) is 10.2 Å². The molecule has 1 aromatic heterocycles. The molecule has 8 nitrogen and oxygen atoms in total. The summed E-state index contributed by atoms with van der Waals surface area (Å²) in [5, 5.41) is 6.67. The van der Waals surface area contributed by atoms with Crippen molar-refractivity contribution in [2.24, 2.45) is 16.6 Å². The molecule has 8 heteroatoms. The first kappa shape index (κ1) is 21.8. The van der Waals surface area contributed by atoms with Crippen molar-refractivity contribution in [3.63, 3.8) is 0 Å². The van der Waals surface area contributed by atoms with Gasteiger partial charge < -0.3 is 25.7 Å². The Morgan fingerprint density at radius 2 is 1.93 bits per heavy atom. The molecule has 0 spiro atoms. The van der Waals surface area contributed by atoms with Gasteiger partial charge in [0.25, 0.3) is 5.91 Å². The lowest BCUT2D eigenvalue weighted by Gasteiger charge is -2.34. The molecule has 0 atom stereocenters. The molecule has 2 amide bonds. The second-order valence-corrected chi connectivity index (χ2v) is 7.08. The fourth-order valence-electron chi connectivity index (χ4n) is 3.41. The fourth-order valence-corrected chi connectivity index (χ4v) is 3.41. The molecule has 4 N–H and O–H groups in total. The standard InChI is InChI=1S/C20H33N5O3/c1-4-14(5-2)19(27)25-11-9-15(10-12-25)24-20(22-6-3)23-13-16-7-8-17(28-16)18(21)26/h7-8,14-15H,4-6,9-13H2,1-3H3,(H2,21,26)(H2,22,23,24). The van der Waals surface area contributed by atoms with Crippen LogP contribution >= 0.6 is 0 Å². The average molecular weight is 392 g/mol. The molecule has 2 heterocycles. The Kier molecular flexibility index (Phi) is 8.35. The van der Waals surface area contributed by atoms with Gasteiger partial charge >= 0.3 is 0 Å². The van der Waals surface area contributed by atoms with Gasteiger partial charge in [-0.1, -0.05) is 13.8 Å². The summed E-state index contributed by atoms with van der Waals surface area (Å²) in [6.07, 6.45) is 3.58. The maximum atomic E-state index is 12.5. The van der Waals surface area contributed by atoms with Gasteiger partial charge in [-0.05, 0) is 44.7 Å². The van der Waals surface area contributed by atoms with Crippen LogP contribution in [0.25, 0.3) is 0 Å². The van der Waals surface area contributed by atoms with E-state index < -0.39 is 5.91 Å². The van der Waals surface area contributed by atoms with Crippen molar-refractivity contribution in [2.45, 2.75) is 59.0 Å². The number of primary amides is 1. The molecule has 1 aliphatic rings. The van der Waals surface area contributed by atoms with Crippen molar-refractivity contribution in [3.8, 4) is 0 Å². The van der Waals surface area contributed by atoms with Crippen LogP contribution in [0.3, 0.4) is 0 Å². The number of nitrogens with two attached hydrogens (primary N) is 1. The number of piperidine rings is 1. The molecule has 156 valence electrons. The van der Waals surface area contributed by atoms with E-state index in [9.17, 15) is 9.59 Å². The van der Waals surface area contributed by atoms with E-state index in [1.165, 1.54) is 0 Å². The molecule has 28 heavy (non-hydrogen) atoms. The molecule has 0 saturated carbocycles. The lowest BCUT2D eigenvalue weighted by molar-refractivity contribution is -0.136. The van der Waals surface area contributed by atoms with Crippen molar-refractivity contribution >= 4 is 17.8 Å². The summed E-state index contributed by atoms with van der Waals surface area (Å²) in [5.41, 5.74) is 5.20. The van der Waals surface area contributed by atoms with Crippen LogP contribution in [-0.2, 0) is 11.3 Å². The summed E-state index contributed by atoms with van der Waals surface area (Å²) in [4.78, 5) is 30.2. The Hall–Kier alpha value is -2.51. The molecule has 0 aromatic carbocycles. The third-order valence-electron chi connectivity index (χ3n) is 5.12. The summed E-state index contributed by atoms with van der Waals surface area (Å²) in [7, 11) is 0. The van der Waals surface area contributed by atoms with Crippen molar-refractivity contribution in [1.29, 1.82) is 0 Å². The normalized spacial score (nSPS) is 15.7. The van der Waals surface area contributed by atoms with Gasteiger partial charge in [-0.15, -0.1) is 0 Å². The monoisotopic (exact) mass is 391 g/mol. The first-order chi connectivity index (χ1) is 13.5. The maximum absolute atomic E-state index is 12.5. The minimum Gasteiger partial charge on any atom is -0.454 e. The molecule has 0 bridgehead atoms. The number of nitrogens with zero attached hydrogens (tertiary/aromatic N) is 2. The maximum Gasteiger partial charge on any atom is 0.284 e. The number of carbonyl (C=O) groups excluding carboxylic acids is 2. The van der Waals surface area contributed by atoms with Crippen LogP contribution in [0.2, 0.25) is 0 Å². The van der Waals surface area contributed by atoms with Gasteiger partial charge in [-0.25, -0.2) is 4.99 Å². The fraction of sp³-hybridized carbons (Fsp3) is 0.650. The van der Waals surface area contributed by atoms with E-state index in [-0.39, 0.29) is 23.6 Å². The molecule has 0 radical (unpaired) electrons. The summed E-state index contributed by atoms with van der Waals surface area (Å²) in [6.45, 7) is 8.75. The lowest BCUT2D eigenvalue weighted by Crippen LogP contribution is -2.50. The van der Waals surface area contributed by atoms with Gasteiger partial charge in [0.1, 0.15) is 12.3 Å². The SMILES string of the molecule is CCNC(=NCc1ccc(C(N)=O)o1)NC1CCN(C(=O)C(CC)CC)CC1. The van der Waals surface area contributed by atoms with Crippen molar-refractivity contribution in [2.75, 3.05) is 19.6 Å². The smallest absolute Gasteiger partial charge is 0.284 e. The van der Waals surface area contributed by atoms with E-state index in [2.05, 4.69) is 29.5 Å². The number of hydrogen-bond donors (Lipinski definition) is 3. The predicted molar refractivity (Wildman–Crippen MR) is 109 cm³/mol. The number of aliphatic imine (C=N–C) groups is 1. The number of rotatable bonds is 8. The molecule has 0 aliphatic carbocycles. The number of likely N-dealkylation sites (tertiary alicyclic amines) is 1. The van der Waals surface area contributed by atoms with Crippen LogP contribution in [0.4, 0.5) is 0 Å². The van der Waals surface area contributed by atoms with E-state index >= 15 is 0 Å². The number of carbonyl (C=O) groups is 2. The Morgan fingerprint density at radius 3 is 2.46 bits per heavy atom. The van der Waals surface area contributed by atoms with Crippen LogP contribution in [0.15, 0.2) is 21.5 Å². The number of furan rings is 1. The molecule has 1 aliphatic heterocycles. The molecule has 2 rings (SSSR count). The van der Waals surface area contributed by atoms with Crippen LogP contribution in [0.5, 0.6) is 0 Å². The minimum atomic E-state index is -0.588. The lowest BCUT2D eigenvalue weighted by atomic mass is 9.98. The summed E-state index contributed by atoms with van der Waals surface area (Å²) in [6, 6.07) is 3.52. The third-order valence-corrected chi connectivity index (χ3v) is 5.12. The molecule has 1 saturated heterocycles. The summed E-state index contributed by atoms with van der Waals surface area (Å²) in [5.74, 6) is 1.25. The molecule has 1 aromatic rings. The zero-order valence-corrected chi connectivity index (χ0v) is 17.2. The van der Waals surface area contributed by atoms with E-state index in [0.29, 0.717) is 18.3 Å². The van der Waals surface area contributed by atoms with E-state index in [0.717, 1.165) is 45.3 Å². The van der Waals surface area contributed by atoms with E-state index in [1.54, 1.807) is 12.1 Å². The van der Waals surface area contributed by atoms with Crippen molar-refractivity contribution < 1.29 is 14.0 Å². The second-order valence-electron chi connectivity index (χ2n) is 7.08. The van der Waals surface area contributed by atoms with Gasteiger partial charge in [0.15, 0.2) is 11.7 Å². The molecule has 1 fully saturated rings. The largest absolute Gasteiger partial charge is 0.454 e. The zero-order valence-electron chi connectivity index (χ0n) is 17.2. The first-order valence-corrected chi connectivity index (χ1v) is 10.2. The van der Waals surface area contributed by atoms with Crippen LogP contribution < -0.4 is 16.4 Å². The van der Waals surface area contributed by atoms with Crippen LogP contribution in [0, 0.1) is 5.92 Å². The number of amides is 2. The quantitative estimate of drug-likeness (QED) is 0.462. The third kappa shape index (κ3) is 6.00. The minimum absolute atomic E-state index is 0.137. The van der Waals surface area contributed by atoms with Gasteiger partial charge in [-0.3, -0.25) is 9.59 Å². The first-order valence-electron chi connectivity index (χ1n) is 10.2. The Morgan fingerprint density at radius 1 is 1.25 bits per heavy atom. The highest BCUT2D eigenvalue weighted by Crippen LogP contribution is 2.17. The summed E-state index contributed by atoms with van der Waals surface area (Å²) >= 11 is 0. The molecule has 0 unspecified atom stereocenters. The van der Waals surface area contributed by atoms with Crippen LogP contribution in [0.1, 0.15) is 62.8 Å².